The zero-order valence-corrected chi connectivity index (χ0v) is 18.8. The number of aliphatic hydroxyl groups is 1. The van der Waals surface area contributed by atoms with Crippen LogP contribution in [0.5, 0.6) is 11.5 Å². The molecule has 8 heteroatoms. The highest BCUT2D eigenvalue weighted by molar-refractivity contribution is 6.46. The molecule has 170 valence electrons. The fraction of sp³-hybridized carbons (Fsp3) is 0.200. The molecule has 1 unspecified atom stereocenters. The molecular weight excluding hydrogens is 446 g/mol. The van der Waals surface area contributed by atoms with Gasteiger partial charge in [0.15, 0.2) is 0 Å². The van der Waals surface area contributed by atoms with Gasteiger partial charge in [0, 0.05) is 12.1 Å². The number of benzene rings is 2. The molecule has 7 nitrogen and oxygen atoms in total. The van der Waals surface area contributed by atoms with Crippen LogP contribution in [0.1, 0.15) is 29.9 Å². The van der Waals surface area contributed by atoms with Gasteiger partial charge < -0.3 is 23.9 Å². The van der Waals surface area contributed by atoms with Crippen LogP contribution in [0.4, 0.5) is 0 Å². The van der Waals surface area contributed by atoms with E-state index >= 15 is 0 Å². The third kappa shape index (κ3) is 4.32. The van der Waals surface area contributed by atoms with E-state index in [1.807, 2.05) is 19.1 Å². The quantitative estimate of drug-likeness (QED) is 0.300. The van der Waals surface area contributed by atoms with Gasteiger partial charge in [-0.3, -0.25) is 9.59 Å². The maximum atomic E-state index is 13.0. The lowest BCUT2D eigenvalue weighted by atomic mass is 9.99. The highest BCUT2D eigenvalue weighted by Crippen LogP contribution is 2.41. The summed E-state index contributed by atoms with van der Waals surface area (Å²) in [5.41, 5.74) is 1.02. The van der Waals surface area contributed by atoms with Gasteiger partial charge >= 0.3 is 0 Å². The molecule has 3 aromatic rings. The lowest BCUT2D eigenvalue weighted by molar-refractivity contribution is -0.140. The van der Waals surface area contributed by atoms with E-state index in [9.17, 15) is 14.7 Å². The third-order valence-corrected chi connectivity index (χ3v) is 5.66. The number of aliphatic hydroxyl groups excluding tert-OH is 1. The number of carbonyl (C=O) groups excluding carboxylic acids is 2. The minimum absolute atomic E-state index is 0.0675. The van der Waals surface area contributed by atoms with Crippen LogP contribution >= 0.6 is 11.6 Å². The predicted molar refractivity (Wildman–Crippen MR) is 122 cm³/mol. The number of amides is 1. The Morgan fingerprint density at radius 3 is 2.52 bits per heavy atom. The zero-order chi connectivity index (χ0) is 23.5. The summed E-state index contributed by atoms with van der Waals surface area (Å²) in [4.78, 5) is 27.4. The number of rotatable bonds is 7. The number of methoxy groups -OCH3 is 1. The second-order valence-corrected chi connectivity index (χ2v) is 7.78. The summed E-state index contributed by atoms with van der Waals surface area (Å²) in [6.45, 7) is 2.58. The van der Waals surface area contributed by atoms with Gasteiger partial charge in [-0.05, 0) is 55.0 Å². The van der Waals surface area contributed by atoms with Crippen molar-refractivity contribution in [3.63, 3.8) is 0 Å². The van der Waals surface area contributed by atoms with Crippen molar-refractivity contribution in [3.8, 4) is 11.5 Å². The Morgan fingerprint density at radius 1 is 1.15 bits per heavy atom. The minimum atomic E-state index is -0.896. The largest absolute Gasteiger partial charge is 0.507 e. The van der Waals surface area contributed by atoms with Gasteiger partial charge in [0.1, 0.15) is 29.1 Å². The maximum Gasteiger partial charge on any atom is 0.296 e. The van der Waals surface area contributed by atoms with Crippen LogP contribution in [0.25, 0.3) is 5.76 Å². The molecule has 1 amide bonds. The Labute approximate surface area is 195 Å². The number of ketones is 1. The molecule has 1 aromatic heterocycles. The van der Waals surface area contributed by atoms with Crippen molar-refractivity contribution < 1.29 is 28.6 Å². The van der Waals surface area contributed by atoms with Crippen LogP contribution in [0.3, 0.4) is 0 Å². The van der Waals surface area contributed by atoms with E-state index in [2.05, 4.69) is 0 Å². The number of hydrogen-bond acceptors (Lipinski definition) is 6. The molecule has 0 saturated carbocycles. The number of halogens is 1. The minimum Gasteiger partial charge on any atom is -0.507 e. The van der Waals surface area contributed by atoms with E-state index in [1.54, 1.807) is 36.4 Å². The van der Waals surface area contributed by atoms with E-state index in [0.29, 0.717) is 23.9 Å². The summed E-state index contributed by atoms with van der Waals surface area (Å²) in [7, 11) is 1.48. The molecule has 2 heterocycles. The Hall–Kier alpha value is -3.71. The fourth-order valence-electron chi connectivity index (χ4n) is 3.81. The molecule has 1 aliphatic rings. The first-order valence-corrected chi connectivity index (χ1v) is 10.7. The van der Waals surface area contributed by atoms with Gasteiger partial charge in [0.25, 0.3) is 11.7 Å². The first-order valence-electron chi connectivity index (χ1n) is 10.3. The lowest BCUT2D eigenvalue weighted by Crippen LogP contribution is -2.29. The van der Waals surface area contributed by atoms with E-state index in [4.69, 9.17) is 25.5 Å². The molecule has 1 saturated heterocycles. The summed E-state index contributed by atoms with van der Waals surface area (Å²) in [6, 6.07) is 14.3. The number of furan rings is 1. The van der Waals surface area contributed by atoms with Crippen molar-refractivity contribution in [2.45, 2.75) is 19.5 Å². The normalized spacial score (nSPS) is 17.4. The first kappa shape index (κ1) is 22.5. The molecule has 0 aliphatic carbocycles. The first-order chi connectivity index (χ1) is 15.9. The van der Waals surface area contributed by atoms with Gasteiger partial charge in [-0.15, -0.1) is 0 Å². The SMILES string of the molecule is CCOc1ccc(CN2C(=O)C(=O)/C(=C(\O)c3ccc(OC)c(Cl)c3)C2c2ccco2)cc1. The average Bonchev–Trinajstić information content (AvgIpc) is 3.43. The average molecular weight is 468 g/mol. The van der Waals surface area contributed by atoms with E-state index in [1.165, 1.54) is 24.3 Å². The molecule has 33 heavy (non-hydrogen) atoms. The number of ether oxygens (including phenoxy) is 2. The van der Waals surface area contributed by atoms with Crippen LogP contribution in [0.15, 0.2) is 70.9 Å². The van der Waals surface area contributed by atoms with Crippen molar-refractivity contribution in [1.29, 1.82) is 0 Å². The molecule has 1 N–H and O–H groups in total. The van der Waals surface area contributed by atoms with Gasteiger partial charge in [0.2, 0.25) is 0 Å². The number of carbonyl (C=O) groups is 2. The van der Waals surface area contributed by atoms with E-state index in [-0.39, 0.29) is 28.5 Å². The van der Waals surface area contributed by atoms with Gasteiger partial charge in [-0.1, -0.05) is 23.7 Å². The predicted octanol–water partition coefficient (Wildman–Crippen LogP) is 4.96. The lowest BCUT2D eigenvalue weighted by Gasteiger charge is -2.23. The monoisotopic (exact) mass is 467 g/mol. The molecule has 2 aromatic carbocycles. The van der Waals surface area contributed by atoms with Crippen molar-refractivity contribution in [2.24, 2.45) is 0 Å². The smallest absolute Gasteiger partial charge is 0.296 e. The number of likely N-dealkylation sites (tertiary alicyclic amines) is 1. The summed E-state index contributed by atoms with van der Waals surface area (Å²) >= 11 is 6.20. The van der Waals surface area contributed by atoms with Crippen LogP contribution in [0, 0.1) is 0 Å². The van der Waals surface area contributed by atoms with Crippen molar-refractivity contribution in [2.75, 3.05) is 13.7 Å². The summed E-state index contributed by atoms with van der Waals surface area (Å²) in [5.74, 6) is -0.373. The highest BCUT2D eigenvalue weighted by atomic mass is 35.5. The molecule has 4 rings (SSSR count). The van der Waals surface area contributed by atoms with Crippen LogP contribution < -0.4 is 9.47 Å². The molecule has 0 radical (unpaired) electrons. The number of hydrogen-bond donors (Lipinski definition) is 1. The maximum absolute atomic E-state index is 13.0. The summed E-state index contributed by atoms with van der Waals surface area (Å²) in [5, 5.41) is 11.3. The van der Waals surface area contributed by atoms with Gasteiger partial charge in [0.05, 0.1) is 30.6 Å². The van der Waals surface area contributed by atoms with E-state index in [0.717, 1.165) is 5.56 Å². The van der Waals surface area contributed by atoms with Gasteiger partial charge in [-0.25, -0.2) is 0 Å². The number of Topliss-reactive ketones (excluding diaryl/α,β-unsaturated/α-hetero) is 1. The Kier molecular flexibility index (Phi) is 6.42. The van der Waals surface area contributed by atoms with Crippen molar-refractivity contribution in [1.82, 2.24) is 4.90 Å². The fourth-order valence-corrected chi connectivity index (χ4v) is 4.07. The third-order valence-electron chi connectivity index (χ3n) is 5.37. The molecular formula is C25H22ClNO6. The Balaban J connectivity index is 1.76. The van der Waals surface area contributed by atoms with Crippen molar-refractivity contribution >= 4 is 29.1 Å². The van der Waals surface area contributed by atoms with Crippen LogP contribution in [-0.4, -0.2) is 35.4 Å². The number of nitrogens with zero attached hydrogens (tertiary/aromatic N) is 1. The molecule has 1 fully saturated rings. The van der Waals surface area contributed by atoms with Crippen molar-refractivity contribution in [3.05, 3.63) is 88.3 Å². The summed E-state index contributed by atoms with van der Waals surface area (Å²) in [6.07, 6.45) is 1.45. The second-order valence-electron chi connectivity index (χ2n) is 7.37. The van der Waals surface area contributed by atoms with E-state index < -0.39 is 17.7 Å². The highest BCUT2D eigenvalue weighted by Gasteiger charge is 2.47. The van der Waals surface area contributed by atoms with Crippen LogP contribution in [-0.2, 0) is 16.1 Å². The van der Waals surface area contributed by atoms with Crippen LogP contribution in [0.2, 0.25) is 5.02 Å². The zero-order valence-electron chi connectivity index (χ0n) is 18.1. The molecule has 0 bridgehead atoms. The van der Waals surface area contributed by atoms with Gasteiger partial charge in [-0.2, -0.15) is 0 Å². The Bertz CT molecular complexity index is 1200. The molecule has 1 aliphatic heterocycles. The molecule has 0 spiro atoms. The standard InChI is InChI=1S/C25H22ClNO6/c1-3-32-17-9-6-15(7-10-17)14-27-22(20-5-4-12-33-20)21(24(29)25(27)30)23(28)16-8-11-19(31-2)18(26)13-16/h4-13,22,28H,3,14H2,1-2H3/b23-21-. The second kappa shape index (κ2) is 9.42. The molecule has 1 atom stereocenters. The Morgan fingerprint density at radius 2 is 1.91 bits per heavy atom. The topological polar surface area (TPSA) is 89.2 Å². The summed E-state index contributed by atoms with van der Waals surface area (Å²) < 4.78 is 16.2.